The third-order valence-corrected chi connectivity index (χ3v) is 8.22. The Morgan fingerprint density at radius 2 is 1.88 bits per heavy atom. The second kappa shape index (κ2) is 11.6. The van der Waals surface area contributed by atoms with Crippen molar-refractivity contribution in [3.05, 3.63) is 99.0 Å². The van der Waals surface area contributed by atoms with Crippen LogP contribution < -0.4 is 14.8 Å². The Kier molecular flexibility index (Phi) is 7.61. The van der Waals surface area contributed by atoms with E-state index in [1.807, 2.05) is 59.7 Å². The minimum absolute atomic E-state index is 0.0302. The first kappa shape index (κ1) is 26.8. The minimum atomic E-state index is -0.308. The van der Waals surface area contributed by atoms with Gasteiger partial charge in [-0.25, -0.2) is 4.98 Å². The van der Waals surface area contributed by atoms with E-state index in [2.05, 4.69) is 10.3 Å². The Morgan fingerprint density at radius 1 is 1.05 bits per heavy atom. The number of phenolic OH excluding ortho intramolecular Hbond substituents is 1. The number of rotatable bonds is 1. The van der Waals surface area contributed by atoms with Crippen LogP contribution in [0, 0.1) is 6.92 Å². The maximum atomic E-state index is 13.7. The molecule has 0 fully saturated rings. The summed E-state index contributed by atoms with van der Waals surface area (Å²) in [6.45, 7) is 3.42. The third kappa shape index (κ3) is 5.90. The van der Waals surface area contributed by atoms with Gasteiger partial charge in [0.2, 0.25) is 5.91 Å². The number of aryl methyl sites for hydroxylation is 2. The van der Waals surface area contributed by atoms with Gasteiger partial charge in [0.1, 0.15) is 17.2 Å². The fraction of sp³-hybridized carbons (Fsp3) is 0.281. The molecule has 1 aromatic heterocycles. The van der Waals surface area contributed by atoms with Crippen LogP contribution in [0.2, 0.25) is 0 Å². The van der Waals surface area contributed by atoms with Gasteiger partial charge in [-0.15, -0.1) is 11.3 Å². The van der Waals surface area contributed by atoms with Crippen molar-refractivity contribution in [2.45, 2.75) is 38.6 Å². The van der Waals surface area contributed by atoms with Crippen LogP contribution in [-0.4, -0.2) is 46.5 Å². The largest absolute Gasteiger partial charge is 0.504 e. The summed E-state index contributed by atoms with van der Waals surface area (Å²) in [5.41, 5.74) is 4.42. The van der Waals surface area contributed by atoms with Crippen molar-refractivity contribution < 1.29 is 24.2 Å². The van der Waals surface area contributed by atoms with Gasteiger partial charge in [0.15, 0.2) is 11.5 Å². The number of hydrogen-bond donors (Lipinski definition) is 2. The van der Waals surface area contributed by atoms with Crippen LogP contribution in [-0.2, 0) is 17.6 Å². The van der Waals surface area contributed by atoms with Gasteiger partial charge in [0.05, 0.1) is 17.7 Å². The smallest absolute Gasteiger partial charge is 0.274 e. The average molecular weight is 570 g/mol. The summed E-state index contributed by atoms with van der Waals surface area (Å²) in [5.74, 6) is 1.56. The van der Waals surface area contributed by atoms with Crippen LogP contribution in [0.15, 0.2) is 66.0 Å². The number of carbonyl (C=O) groups is 2. The zero-order valence-electron chi connectivity index (χ0n) is 22.8. The molecule has 41 heavy (non-hydrogen) atoms. The van der Waals surface area contributed by atoms with Gasteiger partial charge in [0, 0.05) is 24.9 Å². The van der Waals surface area contributed by atoms with Crippen LogP contribution >= 0.6 is 11.3 Å². The van der Waals surface area contributed by atoms with Crippen molar-refractivity contribution >= 4 is 23.2 Å². The first-order valence-corrected chi connectivity index (χ1v) is 14.7. The number of thiazole rings is 1. The standard InChI is InChI=1S/C32H31N3O5S/c1-20-34-27(19-41-20)32(38)35-15-13-23-18-25-9-10-26(23)31(35)22-5-7-24(8-6-22)39-16-2-14-33-30(37)12-4-21-3-11-28(36)29(17-21)40-25/h3,5-11,17-19,31,36H,2,4,12-16H2,1H3,(H,33,37). The lowest BCUT2D eigenvalue weighted by molar-refractivity contribution is -0.121. The number of aromatic nitrogens is 1. The Morgan fingerprint density at radius 3 is 2.68 bits per heavy atom. The van der Waals surface area contributed by atoms with E-state index in [4.69, 9.17) is 9.47 Å². The molecule has 5 aliphatic rings. The molecule has 0 saturated heterocycles. The zero-order valence-corrected chi connectivity index (χ0v) is 23.6. The highest BCUT2D eigenvalue weighted by atomic mass is 32.1. The molecular formula is C32H31N3O5S. The summed E-state index contributed by atoms with van der Waals surface area (Å²) >= 11 is 1.47. The highest BCUT2D eigenvalue weighted by Gasteiger charge is 2.34. The minimum Gasteiger partial charge on any atom is -0.504 e. The summed E-state index contributed by atoms with van der Waals surface area (Å²) < 4.78 is 12.1. The Bertz CT molecular complexity index is 1580. The summed E-state index contributed by atoms with van der Waals surface area (Å²) in [4.78, 5) is 32.4. The van der Waals surface area contributed by atoms with E-state index in [1.165, 1.54) is 11.3 Å². The Balaban J connectivity index is 1.38. The van der Waals surface area contributed by atoms with Gasteiger partial charge in [-0.2, -0.15) is 0 Å². The molecule has 2 N–H and O–H groups in total. The van der Waals surface area contributed by atoms with Crippen molar-refractivity contribution in [2.24, 2.45) is 0 Å². The van der Waals surface area contributed by atoms with Gasteiger partial charge >= 0.3 is 0 Å². The molecular weight excluding hydrogens is 538 g/mol. The number of nitrogens with zero attached hydrogens (tertiary/aromatic N) is 2. The van der Waals surface area contributed by atoms with Crippen molar-refractivity contribution in [3.8, 4) is 23.0 Å². The van der Waals surface area contributed by atoms with Crippen LogP contribution in [0.4, 0.5) is 0 Å². The molecule has 2 amide bonds. The number of benzene rings is 3. The average Bonchev–Trinajstić information content (AvgIpc) is 3.42. The topological polar surface area (TPSA) is 101 Å². The quantitative estimate of drug-likeness (QED) is 0.311. The molecule has 8 nitrogen and oxygen atoms in total. The number of ether oxygens (including phenoxy) is 2. The van der Waals surface area contributed by atoms with Crippen molar-refractivity contribution in [1.29, 1.82) is 0 Å². The van der Waals surface area contributed by atoms with E-state index in [-0.39, 0.29) is 23.6 Å². The number of hydrogen-bond acceptors (Lipinski definition) is 7. The summed E-state index contributed by atoms with van der Waals surface area (Å²) in [6.07, 6.45) is 2.19. The van der Waals surface area contributed by atoms with E-state index in [0.717, 1.165) is 33.0 Å². The summed E-state index contributed by atoms with van der Waals surface area (Å²) in [7, 11) is 0. The van der Waals surface area contributed by atoms with Gasteiger partial charge in [0.25, 0.3) is 5.91 Å². The first-order chi connectivity index (χ1) is 19.9. The molecule has 0 aliphatic carbocycles. The molecule has 0 spiro atoms. The molecule has 4 aromatic rings. The lowest BCUT2D eigenvalue weighted by atomic mass is 9.87. The van der Waals surface area contributed by atoms with Gasteiger partial charge in [-0.05, 0) is 84.8 Å². The maximum Gasteiger partial charge on any atom is 0.274 e. The van der Waals surface area contributed by atoms with Crippen LogP contribution in [0.25, 0.3) is 0 Å². The number of aromatic hydroxyl groups is 1. The third-order valence-electron chi connectivity index (χ3n) is 7.44. The van der Waals surface area contributed by atoms with Crippen LogP contribution in [0.3, 0.4) is 0 Å². The number of phenols is 1. The normalized spacial score (nSPS) is 17.2. The summed E-state index contributed by atoms with van der Waals surface area (Å²) in [5, 5.41) is 16.1. The van der Waals surface area contributed by atoms with Crippen LogP contribution in [0.1, 0.15) is 56.6 Å². The number of amides is 2. The fourth-order valence-electron chi connectivity index (χ4n) is 5.36. The molecule has 1 atom stereocenters. The Labute approximate surface area is 242 Å². The molecule has 3 aromatic carbocycles. The van der Waals surface area contributed by atoms with Crippen molar-refractivity contribution in [2.75, 3.05) is 19.7 Å². The molecule has 8 bridgehead atoms. The van der Waals surface area contributed by atoms with Crippen molar-refractivity contribution in [1.82, 2.24) is 15.2 Å². The lowest BCUT2D eigenvalue weighted by Gasteiger charge is -2.37. The van der Waals surface area contributed by atoms with E-state index >= 15 is 0 Å². The van der Waals surface area contributed by atoms with E-state index in [0.29, 0.717) is 62.6 Å². The van der Waals surface area contributed by atoms with Gasteiger partial charge in [-0.3, -0.25) is 9.59 Å². The number of nitrogens with one attached hydrogen (secondary N) is 1. The second-order valence-corrected chi connectivity index (χ2v) is 11.4. The molecule has 5 aliphatic heterocycles. The molecule has 0 radical (unpaired) electrons. The second-order valence-electron chi connectivity index (χ2n) is 10.3. The number of carbonyl (C=O) groups excluding carboxylic acids is 2. The molecule has 9 heteroatoms. The molecule has 9 rings (SSSR count). The van der Waals surface area contributed by atoms with E-state index in [1.54, 1.807) is 18.2 Å². The summed E-state index contributed by atoms with van der Waals surface area (Å²) in [6, 6.07) is 18.6. The fourth-order valence-corrected chi connectivity index (χ4v) is 5.95. The first-order valence-electron chi connectivity index (χ1n) is 13.8. The predicted molar refractivity (Wildman–Crippen MR) is 156 cm³/mol. The highest BCUT2D eigenvalue weighted by molar-refractivity contribution is 7.09. The molecule has 210 valence electrons. The molecule has 0 saturated carbocycles. The van der Waals surface area contributed by atoms with Crippen LogP contribution in [0.5, 0.6) is 23.0 Å². The highest BCUT2D eigenvalue weighted by Crippen LogP contribution is 2.40. The monoisotopic (exact) mass is 569 g/mol. The van der Waals surface area contributed by atoms with Gasteiger partial charge in [-0.1, -0.05) is 24.3 Å². The maximum absolute atomic E-state index is 13.7. The van der Waals surface area contributed by atoms with Gasteiger partial charge < -0.3 is 24.8 Å². The van der Waals surface area contributed by atoms with E-state index < -0.39 is 0 Å². The zero-order chi connectivity index (χ0) is 28.3. The lowest BCUT2D eigenvalue weighted by Crippen LogP contribution is -2.40. The SMILES string of the molecule is Cc1nc(C(=O)N2CCc3cc4ccc3C2c2ccc(cc2)OCCCNC(=O)CCc2ccc(O)c(c2)O4)cs1. The molecule has 6 heterocycles. The van der Waals surface area contributed by atoms with Crippen molar-refractivity contribution in [3.63, 3.8) is 0 Å². The Hall–Kier alpha value is -4.37. The molecule has 1 unspecified atom stereocenters. The van der Waals surface area contributed by atoms with E-state index in [9.17, 15) is 14.7 Å². The predicted octanol–water partition coefficient (Wildman–Crippen LogP) is 5.57.